The van der Waals surface area contributed by atoms with E-state index in [-0.39, 0.29) is 23.6 Å². The lowest BCUT2D eigenvalue weighted by Crippen LogP contribution is -2.40. The summed E-state index contributed by atoms with van der Waals surface area (Å²) in [5.41, 5.74) is 7.65. The summed E-state index contributed by atoms with van der Waals surface area (Å²) in [4.78, 5) is 24.6. The van der Waals surface area contributed by atoms with Crippen molar-refractivity contribution in [2.45, 2.75) is 39.2 Å². The Kier molecular flexibility index (Phi) is 6.77. The van der Waals surface area contributed by atoms with E-state index in [2.05, 4.69) is 17.6 Å². The lowest BCUT2D eigenvalue weighted by Gasteiger charge is -2.17. The highest BCUT2D eigenvalue weighted by molar-refractivity contribution is 6.03. The van der Waals surface area contributed by atoms with Gasteiger partial charge < -0.3 is 20.8 Å². The van der Waals surface area contributed by atoms with Crippen LogP contribution >= 0.6 is 0 Å². The first-order chi connectivity index (χ1) is 12.0. The predicted molar refractivity (Wildman–Crippen MR) is 97.7 cm³/mol. The number of anilines is 1. The molecule has 6 heteroatoms. The monoisotopic (exact) mass is 343 g/mol. The van der Waals surface area contributed by atoms with E-state index in [1.54, 1.807) is 30.3 Å². The molecule has 0 saturated heterocycles. The molecule has 0 bridgehead atoms. The van der Waals surface area contributed by atoms with Gasteiger partial charge in [0, 0.05) is 23.8 Å². The fourth-order valence-corrected chi connectivity index (χ4v) is 2.46. The molecular weight excluding hydrogens is 318 g/mol. The number of furan rings is 1. The highest BCUT2D eigenvalue weighted by atomic mass is 16.3. The highest BCUT2D eigenvalue weighted by Gasteiger charge is 2.15. The molecule has 0 saturated carbocycles. The standard InChI is InChI=1S/C19H25N3O3/c1-3-4-6-15(12-20)21-18(23)14-9-8-13(2)16(11-14)22-19(24)17-7-5-10-25-17/h5,7-11,15H,3-4,6,12,20H2,1-2H3,(H,21,23)(H,22,24). The van der Waals surface area contributed by atoms with Gasteiger partial charge in [0.15, 0.2) is 5.76 Å². The van der Waals surface area contributed by atoms with Gasteiger partial charge in [-0.1, -0.05) is 25.8 Å². The summed E-state index contributed by atoms with van der Waals surface area (Å²) in [6, 6.07) is 8.39. The van der Waals surface area contributed by atoms with Crippen molar-refractivity contribution in [1.82, 2.24) is 5.32 Å². The normalized spacial score (nSPS) is 11.8. The zero-order valence-corrected chi connectivity index (χ0v) is 14.7. The Morgan fingerprint density at radius 1 is 1.24 bits per heavy atom. The van der Waals surface area contributed by atoms with E-state index in [1.165, 1.54) is 6.26 Å². The Balaban J connectivity index is 2.09. The van der Waals surface area contributed by atoms with Crippen LogP contribution in [0.25, 0.3) is 0 Å². The van der Waals surface area contributed by atoms with E-state index in [0.717, 1.165) is 24.8 Å². The first-order valence-corrected chi connectivity index (χ1v) is 8.51. The van der Waals surface area contributed by atoms with Crippen LogP contribution in [0.4, 0.5) is 5.69 Å². The van der Waals surface area contributed by atoms with Crippen molar-refractivity contribution in [2.75, 3.05) is 11.9 Å². The molecular formula is C19H25N3O3. The van der Waals surface area contributed by atoms with Crippen LogP contribution < -0.4 is 16.4 Å². The summed E-state index contributed by atoms with van der Waals surface area (Å²) in [7, 11) is 0. The minimum absolute atomic E-state index is 0.0464. The predicted octanol–water partition coefficient (Wildman–Crippen LogP) is 3.09. The van der Waals surface area contributed by atoms with Crippen molar-refractivity contribution in [1.29, 1.82) is 0 Å². The zero-order chi connectivity index (χ0) is 18.2. The molecule has 0 fully saturated rings. The topological polar surface area (TPSA) is 97.4 Å². The molecule has 1 atom stereocenters. The molecule has 2 amide bonds. The van der Waals surface area contributed by atoms with Crippen LogP contribution in [0.3, 0.4) is 0 Å². The second-order valence-corrected chi connectivity index (χ2v) is 6.01. The zero-order valence-electron chi connectivity index (χ0n) is 14.7. The Bertz CT molecular complexity index is 711. The molecule has 0 spiro atoms. The van der Waals surface area contributed by atoms with Crippen LogP contribution in [-0.4, -0.2) is 24.4 Å². The number of nitrogens with two attached hydrogens (primary N) is 1. The number of hydrogen-bond acceptors (Lipinski definition) is 4. The smallest absolute Gasteiger partial charge is 0.291 e. The number of rotatable bonds is 8. The molecule has 1 aromatic heterocycles. The summed E-state index contributed by atoms with van der Waals surface area (Å²) in [5.74, 6) is -0.328. The largest absolute Gasteiger partial charge is 0.459 e. The van der Waals surface area contributed by atoms with Gasteiger partial charge in [0.2, 0.25) is 0 Å². The van der Waals surface area contributed by atoms with Crippen LogP contribution in [0.2, 0.25) is 0 Å². The van der Waals surface area contributed by atoms with Gasteiger partial charge in [-0.05, 0) is 43.2 Å². The number of carbonyl (C=O) groups is 2. The lowest BCUT2D eigenvalue weighted by atomic mass is 10.1. The van der Waals surface area contributed by atoms with Crippen molar-refractivity contribution in [3.8, 4) is 0 Å². The van der Waals surface area contributed by atoms with Crippen molar-refractivity contribution >= 4 is 17.5 Å². The van der Waals surface area contributed by atoms with Gasteiger partial charge in [0.05, 0.1) is 6.26 Å². The first-order valence-electron chi connectivity index (χ1n) is 8.51. The van der Waals surface area contributed by atoms with Crippen molar-refractivity contribution in [3.05, 3.63) is 53.5 Å². The van der Waals surface area contributed by atoms with Gasteiger partial charge in [-0.2, -0.15) is 0 Å². The number of nitrogens with one attached hydrogen (secondary N) is 2. The maximum Gasteiger partial charge on any atom is 0.291 e. The van der Waals surface area contributed by atoms with E-state index in [1.807, 2.05) is 6.92 Å². The third kappa shape index (κ3) is 5.19. The Morgan fingerprint density at radius 2 is 2.04 bits per heavy atom. The third-order valence-electron chi connectivity index (χ3n) is 4.02. The average Bonchev–Trinajstić information content (AvgIpc) is 3.15. The van der Waals surface area contributed by atoms with Gasteiger partial charge in [0.25, 0.3) is 11.8 Å². The molecule has 25 heavy (non-hydrogen) atoms. The molecule has 4 N–H and O–H groups in total. The summed E-state index contributed by atoms with van der Waals surface area (Å²) in [6.07, 6.45) is 4.36. The molecule has 134 valence electrons. The van der Waals surface area contributed by atoms with Crippen LogP contribution in [-0.2, 0) is 0 Å². The number of unbranched alkanes of at least 4 members (excludes halogenated alkanes) is 1. The molecule has 0 aliphatic heterocycles. The van der Waals surface area contributed by atoms with Crippen molar-refractivity contribution in [3.63, 3.8) is 0 Å². The third-order valence-corrected chi connectivity index (χ3v) is 4.02. The van der Waals surface area contributed by atoms with Gasteiger partial charge in [-0.15, -0.1) is 0 Å². The minimum Gasteiger partial charge on any atom is -0.459 e. The second kappa shape index (κ2) is 9.03. The molecule has 2 rings (SSSR count). The molecule has 1 heterocycles. The van der Waals surface area contributed by atoms with E-state index in [9.17, 15) is 9.59 Å². The fourth-order valence-electron chi connectivity index (χ4n) is 2.46. The van der Waals surface area contributed by atoms with Gasteiger partial charge in [-0.3, -0.25) is 9.59 Å². The summed E-state index contributed by atoms with van der Waals surface area (Å²) in [5, 5.41) is 5.72. The first kappa shape index (κ1) is 18.7. The number of carbonyl (C=O) groups excluding carboxylic acids is 2. The average molecular weight is 343 g/mol. The van der Waals surface area contributed by atoms with E-state index in [4.69, 9.17) is 10.2 Å². The van der Waals surface area contributed by atoms with Gasteiger partial charge in [-0.25, -0.2) is 0 Å². The number of aryl methyl sites for hydroxylation is 1. The molecule has 1 aromatic carbocycles. The van der Waals surface area contributed by atoms with Crippen LogP contribution in [0.5, 0.6) is 0 Å². The molecule has 1 unspecified atom stereocenters. The Morgan fingerprint density at radius 3 is 2.68 bits per heavy atom. The van der Waals surface area contributed by atoms with Crippen LogP contribution in [0.15, 0.2) is 41.0 Å². The summed E-state index contributed by atoms with van der Waals surface area (Å²) in [6.45, 7) is 4.37. The summed E-state index contributed by atoms with van der Waals surface area (Å²) < 4.78 is 5.08. The highest BCUT2D eigenvalue weighted by Crippen LogP contribution is 2.18. The molecule has 0 radical (unpaired) electrons. The number of amides is 2. The summed E-state index contributed by atoms with van der Waals surface area (Å²) >= 11 is 0. The van der Waals surface area contributed by atoms with Gasteiger partial charge in [0.1, 0.15) is 0 Å². The minimum atomic E-state index is -0.353. The van der Waals surface area contributed by atoms with Gasteiger partial charge >= 0.3 is 0 Å². The molecule has 0 aliphatic rings. The van der Waals surface area contributed by atoms with E-state index < -0.39 is 0 Å². The van der Waals surface area contributed by atoms with Crippen molar-refractivity contribution in [2.24, 2.45) is 5.73 Å². The molecule has 2 aromatic rings. The Labute approximate surface area is 147 Å². The Hall–Kier alpha value is -2.60. The number of benzene rings is 1. The second-order valence-electron chi connectivity index (χ2n) is 6.01. The molecule has 0 aliphatic carbocycles. The van der Waals surface area contributed by atoms with Crippen molar-refractivity contribution < 1.29 is 14.0 Å². The quantitative estimate of drug-likeness (QED) is 0.686. The maximum atomic E-state index is 12.5. The fraction of sp³-hybridized carbons (Fsp3) is 0.368. The number of hydrogen-bond donors (Lipinski definition) is 3. The molecule has 6 nitrogen and oxygen atoms in total. The SMILES string of the molecule is CCCCC(CN)NC(=O)c1ccc(C)c(NC(=O)c2ccco2)c1. The van der Waals surface area contributed by atoms with E-state index >= 15 is 0 Å². The lowest BCUT2D eigenvalue weighted by molar-refractivity contribution is 0.0934. The van der Waals surface area contributed by atoms with Crippen LogP contribution in [0, 0.1) is 6.92 Å². The van der Waals surface area contributed by atoms with Crippen LogP contribution in [0.1, 0.15) is 52.7 Å². The maximum absolute atomic E-state index is 12.5. The van der Waals surface area contributed by atoms with E-state index in [0.29, 0.717) is 17.8 Å².